The van der Waals surface area contributed by atoms with Gasteiger partial charge in [-0.15, -0.1) is 0 Å². The van der Waals surface area contributed by atoms with Crippen LogP contribution in [0.15, 0.2) is 36.4 Å². The second kappa shape index (κ2) is 8.71. The summed E-state index contributed by atoms with van der Waals surface area (Å²) < 4.78 is 11.7. The van der Waals surface area contributed by atoms with E-state index in [2.05, 4.69) is 5.32 Å². The van der Waals surface area contributed by atoms with E-state index >= 15 is 0 Å². The highest BCUT2D eigenvalue weighted by molar-refractivity contribution is 6.05. The lowest BCUT2D eigenvalue weighted by Crippen LogP contribution is -2.15. The van der Waals surface area contributed by atoms with E-state index in [-0.39, 0.29) is 23.9 Å². The Labute approximate surface area is 160 Å². The first-order chi connectivity index (χ1) is 12.7. The van der Waals surface area contributed by atoms with Gasteiger partial charge < -0.3 is 14.8 Å². The first-order valence-corrected chi connectivity index (χ1v) is 9.07. The Morgan fingerprint density at radius 3 is 2.00 bits per heavy atom. The van der Waals surface area contributed by atoms with Gasteiger partial charge in [0.05, 0.1) is 12.2 Å². The normalized spacial score (nSPS) is 10.8. The van der Waals surface area contributed by atoms with E-state index < -0.39 is 0 Å². The first-order valence-electron chi connectivity index (χ1n) is 9.07. The van der Waals surface area contributed by atoms with Crippen LogP contribution in [0.4, 0.5) is 5.69 Å². The number of nitrogens with one attached hydrogen (secondary N) is 1. The largest absolute Gasteiger partial charge is 0.487 e. The maximum Gasteiger partial charge on any atom is 0.255 e. The van der Waals surface area contributed by atoms with E-state index in [1.54, 1.807) is 36.4 Å². The zero-order chi connectivity index (χ0) is 20.1. The topological polar surface area (TPSA) is 64.6 Å². The van der Waals surface area contributed by atoms with Crippen LogP contribution in [0.5, 0.6) is 11.5 Å². The summed E-state index contributed by atoms with van der Waals surface area (Å²) in [5.41, 5.74) is 2.54. The number of hydrogen-bond donors (Lipinski definition) is 1. The molecular formula is C22H27NO4. The summed E-state index contributed by atoms with van der Waals surface area (Å²) in [6.45, 7) is 11.2. The number of anilines is 1. The van der Waals surface area contributed by atoms with Gasteiger partial charge in [-0.05, 0) is 83.5 Å². The Morgan fingerprint density at radius 1 is 0.889 bits per heavy atom. The van der Waals surface area contributed by atoms with E-state index in [4.69, 9.17) is 9.47 Å². The number of amides is 1. The lowest BCUT2D eigenvalue weighted by molar-refractivity contribution is 0.101. The van der Waals surface area contributed by atoms with Crippen LogP contribution in [0.1, 0.15) is 60.9 Å². The molecule has 1 amide bonds. The molecule has 27 heavy (non-hydrogen) atoms. The third-order valence-electron chi connectivity index (χ3n) is 3.77. The van der Waals surface area contributed by atoms with Crippen molar-refractivity contribution in [2.24, 2.45) is 0 Å². The number of ketones is 1. The minimum Gasteiger partial charge on any atom is -0.487 e. The summed E-state index contributed by atoms with van der Waals surface area (Å²) in [4.78, 5) is 24.0. The van der Waals surface area contributed by atoms with Crippen molar-refractivity contribution in [2.75, 3.05) is 5.32 Å². The molecule has 0 aromatic heterocycles. The van der Waals surface area contributed by atoms with Gasteiger partial charge in [-0.25, -0.2) is 0 Å². The van der Waals surface area contributed by atoms with E-state index in [0.717, 1.165) is 5.56 Å². The maximum absolute atomic E-state index is 12.7. The zero-order valence-electron chi connectivity index (χ0n) is 16.8. The molecule has 2 rings (SSSR count). The number of carbonyl (C=O) groups is 2. The second-order valence-electron chi connectivity index (χ2n) is 7.04. The quantitative estimate of drug-likeness (QED) is 0.696. The maximum atomic E-state index is 12.7. The highest BCUT2D eigenvalue weighted by atomic mass is 16.5. The molecule has 0 saturated carbocycles. The average Bonchev–Trinajstić information content (AvgIpc) is 2.57. The molecule has 0 aliphatic rings. The lowest BCUT2D eigenvalue weighted by Gasteiger charge is -2.20. The van der Waals surface area contributed by atoms with Crippen LogP contribution < -0.4 is 14.8 Å². The molecule has 0 fully saturated rings. The molecule has 0 heterocycles. The van der Waals surface area contributed by atoms with E-state index in [0.29, 0.717) is 28.3 Å². The molecule has 2 aromatic rings. The van der Waals surface area contributed by atoms with Crippen LogP contribution in [0.25, 0.3) is 0 Å². The Bertz CT molecular complexity index is 823. The molecule has 0 atom stereocenters. The molecular weight excluding hydrogens is 342 g/mol. The summed E-state index contributed by atoms with van der Waals surface area (Å²) in [5, 5.41) is 2.85. The third-order valence-corrected chi connectivity index (χ3v) is 3.77. The fraction of sp³-hybridized carbons (Fsp3) is 0.364. The van der Waals surface area contributed by atoms with Crippen LogP contribution in [-0.2, 0) is 0 Å². The van der Waals surface area contributed by atoms with Gasteiger partial charge in [0.1, 0.15) is 0 Å². The molecule has 5 nitrogen and oxygen atoms in total. The summed E-state index contributed by atoms with van der Waals surface area (Å²) in [7, 11) is 0. The molecule has 0 unspecified atom stereocenters. The molecule has 0 radical (unpaired) electrons. The van der Waals surface area contributed by atoms with Crippen LogP contribution in [0.2, 0.25) is 0 Å². The fourth-order valence-electron chi connectivity index (χ4n) is 2.59. The van der Waals surface area contributed by atoms with Crippen molar-refractivity contribution < 1.29 is 19.1 Å². The number of aryl methyl sites for hydroxylation is 1. The summed E-state index contributed by atoms with van der Waals surface area (Å²) in [5.74, 6) is 0.940. The van der Waals surface area contributed by atoms with Crippen molar-refractivity contribution >= 4 is 17.4 Å². The molecule has 0 spiro atoms. The molecule has 0 aliphatic heterocycles. The van der Waals surface area contributed by atoms with Crippen molar-refractivity contribution in [3.63, 3.8) is 0 Å². The molecule has 2 aromatic carbocycles. The van der Waals surface area contributed by atoms with Gasteiger partial charge in [-0.3, -0.25) is 9.59 Å². The third kappa shape index (κ3) is 5.58. The van der Waals surface area contributed by atoms with Gasteiger partial charge in [0.15, 0.2) is 17.3 Å². The predicted molar refractivity (Wildman–Crippen MR) is 107 cm³/mol. The molecule has 1 N–H and O–H groups in total. The molecule has 0 bridgehead atoms. The Hall–Kier alpha value is -2.82. The molecule has 144 valence electrons. The zero-order valence-corrected chi connectivity index (χ0v) is 16.8. The Morgan fingerprint density at radius 2 is 1.48 bits per heavy atom. The van der Waals surface area contributed by atoms with E-state index in [1.807, 2.05) is 34.6 Å². The van der Waals surface area contributed by atoms with Crippen LogP contribution in [0, 0.1) is 6.92 Å². The number of rotatable bonds is 7. The van der Waals surface area contributed by atoms with Crippen LogP contribution in [-0.4, -0.2) is 23.9 Å². The van der Waals surface area contributed by atoms with Crippen LogP contribution >= 0.6 is 0 Å². The molecule has 5 heteroatoms. The SMILES string of the molecule is CC(=O)c1ccc(NC(=O)c2cc(C)c(OC(C)C)c(OC(C)C)c2)cc1. The predicted octanol–water partition coefficient (Wildman–Crippen LogP) is 5.02. The van der Waals surface area contributed by atoms with E-state index in [9.17, 15) is 9.59 Å². The van der Waals surface area contributed by atoms with E-state index in [1.165, 1.54) is 6.92 Å². The Kier molecular flexibility index (Phi) is 6.61. The van der Waals surface area contributed by atoms with Gasteiger partial charge in [0, 0.05) is 16.8 Å². The van der Waals surface area contributed by atoms with Gasteiger partial charge in [-0.1, -0.05) is 0 Å². The summed E-state index contributed by atoms with van der Waals surface area (Å²) in [6, 6.07) is 10.3. The first kappa shape index (κ1) is 20.5. The molecule has 0 saturated heterocycles. The minimum absolute atomic E-state index is 0.00215. The minimum atomic E-state index is -0.252. The monoisotopic (exact) mass is 369 g/mol. The highest BCUT2D eigenvalue weighted by Crippen LogP contribution is 2.34. The molecule has 0 aliphatic carbocycles. The second-order valence-corrected chi connectivity index (χ2v) is 7.04. The van der Waals surface area contributed by atoms with Crippen molar-refractivity contribution in [3.8, 4) is 11.5 Å². The van der Waals surface area contributed by atoms with Crippen molar-refractivity contribution in [1.29, 1.82) is 0 Å². The highest BCUT2D eigenvalue weighted by Gasteiger charge is 2.17. The van der Waals surface area contributed by atoms with Gasteiger partial charge in [0.2, 0.25) is 0 Å². The summed E-state index contributed by atoms with van der Waals surface area (Å²) in [6.07, 6.45) is -0.0472. The fourth-order valence-corrected chi connectivity index (χ4v) is 2.59. The standard InChI is InChI=1S/C22H27NO4/c1-13(2)26-20-12-18(11-15(5)21(20)27-14(3)4)22(25)23-19-9-7-17(8-10-19)16(6)24/h7-14H,1-6H3,(H,23,25). The van der Waals surface area contributed by atoms with Crippen molar-refractivity contribution in [2.45, 2.75) is 53.8 Å². The van der Waals surface area contributed by atoms with Crippen LogP contribution in [0.3, 0.4) is 0 Å². The smallest absolute Gasteiger partial charge is 0.255 e. The van der Waals surface area contributed by atoms with Crippen molar-refractivity contribution in [3.05, 3.63) is 53.1 Å². The number of ether oxygens (including phenoxy) is 2. The van der Waals surface area contributed by atoms with Crippen molar-refractivity contribution in [1.82, 2.24) is 0 Å². The summed E-state index contributed by atoms with van der Waals surface area (Å²) >= 11 is 0. The average molecular weight is 369 g/mol. The number of hydrogen-bond acceptors (Lipinski definition) is 4. The van der Waals surface area contributed by atoms with Gasteiger partial charge >= 0.3 is 0 Å². The number of benzene rings is 2. The Balaban J connectivity index is 2.29. The van der Waals surface area contributed by atoms with Gasteiger partial charge in [-0.2, -0.15) is 0 Å². The number of Topliss-reactive ketones (excluding diaryl/α,β-unsaturated/α-hetero) is 1. The lowest BCUT2D eigenvalue weighted by atomic mass is 10.1. The van der Waals surface area contributed by atoms with Gasteiger partial charge in [0.25, 0.3) is 5.91 Å². The number of carbonyl (C=O) groups excluding carboxylic acids is 2.